The van der Waals surface area contributed by atoms with Gasteiger partial charge < -0.3 is 15.1 Å². The molecule has 0 radical (unpaired) electrons. The van der Waals surface area contributed by atoms with Gasteiger partial charge in [-0.25, -0.2) is 9.18 Å². The number of nitrogens with zero attached hydrogens (tertiary/aromatic N) is 3. The van der Waals surface area contributed by atoms with E-state index in [9.17, 15) is 9.18 Å². The Labute approximate surface area is 159 Å². The minimum Gasteiger partial charge on any atom is -0.338 e. The lowest BCUT2D eigenvalue weighted by atomic mass is 10.1. The van der Waals surface area contributed by atoms with Gasteiger partial charge in [0.1, 0.15) is 5.82 Å². The van der Waals surface area contributed by atoms with Crippen molar-refractivity contribution in [2.45, 2.75) is 6.42 Å². The number of carbonyl (C=O) groups excluding carboxylic acids is 1. The van der Waals surface area contributed by atoms with Gasteiger partial charge in [-0.2, -0.15) is 0 Å². The third kappa shape index (κ3) is 3.76. The van der Waals surface area contributed by atoms with E-state index >= 15 is 0 Å². The third-order valence-corrected chi connectivity index (χ3v) is 5.42. The van der Waals surface area contributed by atoms with Crippen LogP contribution >= 0.6 is 0 Å². The number of halogens is 1. The summed E-state index contributed by atoms with van der Waals surface area (Å²) < 4.78 is 13.3. The highest BCUT2D eigenvalue weighted by atomic mass is 19.1. The monoisotopic (exact) mass is 368 g/mol. The van der Waals surface area contributed by atoms with Crippen molar-refractivity contribution in [1.29, 1.82) is 0 Å². The zero-order valence-electron chi connectivity index (χ0n) is 15.6. The molecule has 27 heavy (non-hydrogen) atoms. The Balaban J connectivity index is 1.50. The zero-order valence-corrected chi connectivity index (χ0v) is 15.6. The maximum Gasteiger partial charge on any atom is 0.322 e. The van der Waals surface area contributed by atoms with Crippen LogP contribution in [0.2, 0.25) is 0 Å². The van der Waals surface area contributed by atoms with Gasteiger partial charge >= 0.3 is 6.03 Å². The van der Waals surface area contributed by atoms with Gasteiger partial charge in [0.25, 0.3) is 0 Å². The molecule has 0 aromatic heterocycles. The number of likely N-dealkylation sites (tertiary alicyclic amines) is 1. The summed E-state index contributed by atoms with van der Waals surface area (Å²) in [5.74, 6) is 0.275. The number of carbonyl (C=O) groups is 1. The fourth-order valence-corrected chi connectivity index (χ4v) is 3.98. The van der Waals surface area contributed by atoms with E-state index in [0.29, 0.717) is 25.6 Å². The van der Waals surface area contributed by atoms with Crippen molar-refractivity contribution in [1.82, 2.24) is 10.2 Å². The summed E-state index contributed by atoms with van der Waals surface area (Å²) in [6, 6.07) is 14.3. The number of hydrogen-bond donors (Lipinski definition) is 1. The van der Waals surface area contributed by atoms with Gasteiger partial charge in [-0.3, -0.25) is 4.90 Å². The molecule has 5 nitrogen and oxygen atoms in total. The molecule has 6 heteroatoms. The average molecular weight is 368 g/mol. The van der Waals surface area contributed by atoms with Crippen molar-refractivity contribution in [3.05, 3.63) is 54.3 Å². The molecule has 1 N–H and O–H groups in total. The molecule has 2 aromatic carbocycles. The summed E-state index contributed by atoms with van der Waals surface area (Å²) >= 11 is 0. The molecule has 0 spiro atoms. The van der Waals surface area contributed by atoms with Crippen molar-refractivity contribution in [3.8, 4) is 0 Å². The molecule has 0 unspecified atom stereocenters. The molecule has 0 aliphatic carbocycles. The number of amides is 2. The summed E-state index contributed by atoms with van der Waals surface area (Å²) in [7, 11) is 2.12. The smallest absolute Gasteiger partial charge is 0.322 e. The van der Waals surface area contributed by atoms with Crippen LogP contribution in [0.3, 0.4) is 0 Å². The van der Waals surface area contributed by atoms with Crippen molar-refractivity contribution in [2.24, 2.45) is 5.92 Å². The first kappa shape index (κ1) is 17.8. The normalized spacial score (nSPS) is 19.9. The quantitative estimate of drug-likeness (QED) is 0.902. The predicted octanol–water partition coefficient (Wildman–Crippen LogP) is 3.45. The number of urea groups is 1. The highest BCUT2D eigenvalue weighted by molar-refractivity contribution is 5.97. The lowest BCUT2D eigenvalue weighted by Crippen LogP contribution is -2.48. The molecule has 2 aliphatic rings. The molecular formula is C21H25FN4O. The summed E-state index contributed by atoms with van der Waals surface area (Å²) in [6.07, 6.45) is 1.13. The summed E-state index contributed by atoms with van der Waals surface area (Å²) in [5, 5.41) is 3.11. The summed E-state index contributed by atoms with van der Waals surface area (Å²) in [4.78, 5) is 19.1. The molecule has 4 rings (SSSR count). The van der Waals surface area contributed by atoms with Gasteiger partial charge in [0.05, 0.1) is 11.4 Å². The van der Waals surface area contributed by atoms with Gasteiger partial charge in [0, 0.05) is 31.9 Å². The van der Waals surface area contributed by atoms with Crippen molar-refractivity contribution < 1.29 is 9.18 Å². The Bertz CT molecular complexity index is 810. The molecule has 1 atom stereocenters. The minimum atomic E-state index is -0.248. The van der Waals surface area contributed by atoms with Crippen LogP contribution in [0.5, 0.6) is 0 Å². The Morgan fingerprint density at radius 2 is 1.81 bits per heavy atom. The van der Waals surface area contributed by atoms with Crippen molar-refractivity contribution in [3.63, 3.8) is 0 Å². The van der Waals surface area contributed by atoms with Crippen LogP contribution in [0, 0.1) is 11.7 Å². The Morgan fingerprint density at radius 3 is 2.52 bits per heavy atom. The first-order valence-corrected chi connectivity index (χ1v) is 9.48. The van der Waals surface area contributed by atoms with Crippen molar-refractivity contribution >= 4 is 23.1 Å². The molecule has 2 aliphatic heterocycles. The number of nitrogens with one attached hydrogen (secondary N) is 1. The maximum atomic E-state index is 13.3. The topological polar surface area (TPSA) is 38.8 Å². The molecule has 1 saturated heterocycles. The van der Waals surface area contributed by atoms with Gasteiger partial charge in [-0.15, -0.1) is 0 Å². The summed E-state index contributed by atoms with van der Waals surface area (Å²) in [6.45, 7) is 4.10. The highest BCUT2D eigenvalue weighted by Crippen LogP contribution is 2.37. The number of fused-ring (bicyclic) bond motifs is 1. The second kappa shape index (κ2) is 7.56. The minimum absolute atomic E-state index is 0.0456. The first-order valence-electron chi connectivity index (χ1n) is 9.48. The van der Waals surface area contributed by atoms with Gasteiger partial charge in [0.2, 0.25) is 0 Å². The molecule has 0 bridgehead atoms. The molecule has 0 saturated carbocycles. The van der Waals surface area contributed by atoms with Gasteiger partial charge in [-0.1, -0.05) is 12.1 Å². The molecule has 142 valence electrons. The fraction of sp³-hybridized carbons (Fsp3) is 0.381. The molecule has 1 fully saturated rings. The van der Waals surface area contributed by atoms with Crippen LogP contribution in [0.1, 0.15) is 6.42 Å². The number of benzene rings is 2. The van der Waals surface area contributed by atoms with E-state index in [2.05, 4.69) is 22.2 Å². The first-order chi connectivity index (χ1) is 13.1. The Morgan fingerprint density at radius 1 is 1.07 bits per heavy atom. The van der Waals surface area contributed by atoms with Crippen LogP contribution in [0.25, 0.3) is 0 Å². The van der Waals surface area contributed by atoms with Crippen LogP contribution in [-0.2, 0) is 0 Å². The number of para-hydroxylation sites is 2. The number of hydrogen-bond acceptors (Lipinski definition) is 3. The SMILES string of the molecule is CN1CC[C@H](CNC(=O)N2CCN(c3ccc(F)cc3)c3ccccc32)C1. The fourth-order valence-electron chi connectivity index (χ4n) is 3.98. The third-order valence-electron chi connectivity index (χ3n) is 5.42. The second-order valence-electron chi connectivity index (χ2n) is 7.37. The van der Waals surface area contributed by atoms with Crippen LogP contribution in [0.4, 0.5) is 26.2 Å². The van der Waals surface area contributed by atoms with Crippen LogP contribution in [0.15, 0.2) is 48.5 Å². The molecule has 2 heterocycles. The zero-order chi connectivity index (χ0) is 18.8. The standard InChI is InChI=1S/C21H25FN4O/c1-24-11-10-16(15-24)14-23-21(27)26-13-12-25(18-8-6-17(22)7-9-18)19-4-2-3-5-20(19)26/h2-9,16H,10-15H2,1H3,(H,23,27)/t16-/m1/s1. The van der Waals surface area contributed by atoms with Gasteiger partial charge in [0.15, 0.2) is 0 Å². The van der Waals surface area contributed by atoms with E-state index in [-0.39, 0.29) is 11.8 Å². The van der Waals surface area contributed by atoms with Gasteiger partial charge in [-0.05, 0) is 62.3 Å². The number of anilines is 3. The van der Waals surface area contributed by atoms with E-state index < -0.39 is 0 Å². The largest absolute Gasteiger partial charge is 0.338 e. The second-order valence-corrected chi connectivity index (χ2v) is 7.37. The molecular weight excluding hydrogens is 343 g/mol. The Kier molecular flexibility index (Phi) is 4.99. The number of rotatable bonds is 3. The summed E-state index contributed by atoms with van der Waals surface area (Å²) in [5.41, 5.74) is 2.78. The average Bonchev–Trinajstić information content (AvgIpc) is 3.11. The van der Waals surface area contributed by atoms with E-state index in [4.69, 9.17) is 0 Å². The molecule has 2 amide bonds. The van der Waals surface area contributed by atoms with Crippen LogP contribution in [-0.4, -0.2) is 50.7 Å². The van der Waals surface area contributed by atoms with Crippen LogP contribution < -0.4 is 15.1 Å². The van der Waals surface area contributed by atoms with E-state index in [1.165, 1.54) is 12.1 Å². The van der Waals surface area contributed by atoms with E-state index in [0.717, 1.165) is 36.6 Å². The molecule has 2 aromatic rings. The lowest BCUT2D eigenvalue weighted by molar-refractivity contribution is 0.244. The van der Waals surface area contributed by atoms with Crippen molar-refractivity contribution in [2.75, 3.05) is 49.6 Å². The predicted molar refractivity (Wildman–Crippen MR) is 106 cm³/mol. The highest BCUT2D eigenvalue weighted by Gasteiger charge is 2.28. The lowest BCUT2D eigenvalue weighted by Gasteiger charge is -2.37. The van der Waals surface area contributed by atoms with E-state index in [1.54, 1.807) is 12.1 Å². The Hall–Kier alpha value is -2.60. The maximum absolute atomic E-state index is 13.3. The van der Waals surface area contributed by atoms with E-state index in [1.807, 2.05) is 29.2 Å².